The van der Waals surface area contributed by atoms with Crippen LogP contribution in [0.3, 0.4) is 0 Å². The Morgan fingerprint density at radius 1 is 1.23 bits per heavy atom. The summed E-state index contributed by atoms with van der Waals surface area (Å²) in [5.41, 5.74) is 0.546. The number of amides is 1. The lowest BCUT2D eigenvalue weighted by Crippen LogP contribution is -2.34. The van der Waals surface area contributed by atoms with Gasteiger partial charge in [-0.3, -0.25) is 4.79 Å². The SMILES string of the molecule is COC(CNC(=O)c1ccc(N2CCCCCC2)nc1)OC. The summed E-state index contributed by atoms with van der Waals surface area (Å²) in [4.78, 5) is 18.8. The van der Waals surface area contributed by atoms with Crippen LogP contribution in [0.1, 0.15) is 36.0 Å². The van der Waals surface area contributed by atoms with Crippen molar-refractivity contribution in [2.75, 3.05) is 38.8 Å². The molecule has 0 aliphatic carbocycles. The van der Waals surface area contributed by atoms with Crippen LogP contribution in [0.25, 0.3) is 0 Å². The van der Waals surface area contributed by atoms with Gasteiger partial charge in [0.05, 0.1) is 12.1 Å². The largest absolute Gasteiger partial charge is 0.357 e. The van der Waals surface area contributed by atoms with Crippen molar-refractivity contribution in [2.45, 2.75) is 32.0 Å². The molecule has 0 saturated carbocycles. The third-order valence-electron chi connectivity index (χ3n) is 3.90. The van der Waals surface area contributed by atoms with Gasteiger partial charge in [-0.1, -0.05) is 12.8 Å². The van der Waals surface area contributed by atoms with Gasteiger partial charge < -0.3 is 19.7 Å². The molecule has 0 spiro atoms. The van der Waals surface area contributed by atoms with Gasteiger partial charge in [0.2, 0.25) is 0 Å². The van der Waals surface area contributed by atoms with Crippen molar-refractivity contribution in [3.63, 3.8) is 0 Å². The molecule has 1 N–H and O–H groups in total. The number of rotatable bonds is 6. The summed E-state index contributed by atoms with van der Waals surface area (Å²) < 4.78 is 10.1. The molecule has 1 fully saturated rings. The fourth-order valence-corrected chi connectivity index (χ4v) is 2.55. The third kappa shape index (κ3) is 4.68. The van der Waals surface area contributed by atoms with Gasteiger partial charge in [-0.25, -0.2) is 4.98 Å². The Labute approximate surface area is 131 Å². The van der Waals surface area contributed by atoms with Crippen LogP contribution >= 0.6 is 0 Å². The maximum Gasteiger partial charge on any atom is 0.253 e. The fourth-order valence-electron chi connectivity index (χ4n) is 2.55. The molecule has 1 amide bonds. The van der Waals surface area contributed by atoms with E-state index in [2.05, 4.69) is 15.2 Å². The number of pyridine rings is 1. The molecule has 1 aliphatic heterocycles. The number of nitrogens with one attached hydrogen (secondary N) is 1. The van der Waals surface area contributed by atoms with E-state index in [1.165, 1.54) is 39.9 Å². The summed E-state index contributed by atoms with van der Waals surface area (Å²) in [6, 6.07) is 3.74. The van der Waals surface area contributed by atoms with E-state index in [4.69, 9.17) is 9.47 Å². The van der Waals surface area contributed by atoms with E-state index in [0.717, 1.165) is 18.9 Å². The second kappa shape index (κ2) is 8.70. The Balaban J connectivity index is 1.91. The average molecular weight is 307 g/mol. The Hall–Kier alpha value is -1.66. The minimum absolute atomic E-state index is 0.172. The molecule has 6 heteroatoms. The predicted molar refractivity (Wildman–Crippen MR) is 85.1 cm³/mol. The average Bonchev–Trinajstić information content (AvgIpc) is 2.85. The first kappa shape index (κ1) is 16.7. The van der Waals surface area contributed by atoms with Crippen molar-refractivity contribution in [1.29, 1.82) is 0 Å². The number of ether oxygens (including phenoxy) is 2. The quantitative estimate of drug-likeness (QED) is 0.812. The number of carbonyl (C=O) groups excluding carboxylic acids is 1. The van der Waals surface area contributed by atoms with E-state index in [9.17, 15) is 4.79 Å². The molecule has 1 aromatic rings. The van der Waals surface area contributed by atoms with Crippen LogP contribution < -0.4 is 10.2 Å². The second-order valence-electron chi connectivity index (χ2n) is 5.42. The van der Waals surface area contributed by atoms with E-state index in [-0.39, 0.29) is 5.91 Å². The second-order valence-corrected chi connectivity index (χ2v) is 5.42. The van der Waals surface area contributed by atoms with Crippen molar-refractivity contribution in [3.8, 4) is 0 Å². The third-order valence-corrected chi connectivity index (χ3v) is 3.90. The molecule has 0 aromatic carbocycles. The Kier molecular flexibility index (Phi) is 6.61. The molecule has 0 radical (unpaired) electrons. The first-order valence-electron chi connectivity index (χ1n) is 7.79. The number of carbonyl (C=O) groups is 1. The van der Waals surface area contributed by atoms with Crippen LogP contribution in [0.4, 0.5) is 5.82 Å². The topological polar surface area (TPSA) is 63.7 Å². The van der Waals surface area contributed by atoms with E-state index in [1.54, 1.807) is 6.20 Å². The highest BCUT2D eigenvalue weighted by Gasteiger charge is 2.13. The molecule has 22 heavy (non-hydrogen) atoms. The first-order chi connectivity index (χ1) is 10.7. The van der Waals surface area contributed by atoms with E-state index in [1.807, 2.05) is 12.1 Å². The fraction of sp³-hybridized carbons (Fsp3) is 0.625. The number of hydrogen-bond donors (Lipinski definition) is 1. The van der Waals surface area contributed by atoms with Crippen molar-refractivity contribution < 1.29 is 14.3 Å². The van der Waals surface area contributed by atoms with Gasteiger partial charge in [0.15, 0.2) is 6.29 Å². The minimum Gasteiger partial charge on any atom is -0.357 e. The number of nitrogens with zero attached hydrogens (tertiary/aromatic N) is 2. The summed E-state index contributed by atoms with van der Waals surface area (Å²) in [6.45, 7) is 2.39. The molecule has 1 saturated heterocycles. The van der Waals surface area contributed by atoms with Gasteiger partial charge >= 0.3 is 0 Å². The Bertz CT molecular complexity index is 452. The molecular formula is C16H25N3O3. The van der Waals surface area contributed by atoms with Crippen LogP contribution in [0, 0.1) is 0 Å². The smallest absolute Gasteiger partial charge is 0.253 e. The van der Waals surface area contributed by atoms with Gasteiger partial charge in [0, 0.05) is 33.5 Å². The molecular weight excluding hydrogens is 282 g/mol. The van der Waals surface area contributed by atoms with Gasteiger partial charge in [0.25, 0.3) is 5.91 Å². The molecule has 0 unspecified atom stereocenters. The zero-order valence-corrected chi connectivity index (χ0v) is 13.4. The molecule has 0 atom stereocenters. The maximum atomic E-state index is 12.0. The number of hydrogen-bond acceptors (Lipinski definition) is 5. The van der Waals surface area contributed by atoms with Crippen LogP contribution in [0.2, 0.25) is 0 Å². The van der Waals surface area contributed by atoms with Crippen molar-refractivity contribution in [1.82, 2.24) is 10.3 Å². The van der Waals surface area contributed by atoms with Crippen molar-refractivity contribution in [2.24, 2.45) is 0 Å². The van der Waals surface area contributed by atoms with E-state index < -0.39 is 6.29 Å². The van der Waals surface area contributed by atoms with Gasteiger partial charge in [-0.2, -0.15) is 0 Å². The van der Waals surface area contributed by atoms with Crippen molar-refractivity contribution >= 4 is 11.7 Å². The number of anilines is 1. The highest BCUT2D eigenvalue weighted by molar-refractivity contribution is 5.94. The highest BCUT2D eigenvalue weighted by atomic mass is 16.7. The normalized spacial score (nSPS) is 15.7. The summed E-state index contributed by atoms with van der Waals surface area (Å²) in [5, 5.41) is 2.77. The standard InChI is InChI=1S/C16H25N3O3/c1-21-15(22-2)12-18-16(20)13-7-8-14(17-11-13)19-9-5-3-4-6-10-19/h7-8,11,15H,3-6,9-10,12H2,1-2H3,(H,18,20). The van der Waals surface area contributed by atoms with Gasteiger partial charge in [-0.05, 0) is 25.0 Å². The van der Waals surface area contributed by atoms with Crippen LogP contribution in [0.15, 0.2) is 18.3 Å². The predicted octanol–water partition coefficient (Wildman–Crippen LogP) is 1.81. The van der Waals surface area contributed by atoms with E-state index >= 15 is 0 Å². The zero-order chi connectivity index (χ0) is 15.8. The van der Waals surface area contributed by atoms with Gasteiger partial charge in [-0.15, -0.1) is 0 Å². The summed E-state index contributed by atoms with van der Waals surface area (Å²) in [5.74, 6) is 0.777. The summed E-state index contributed by atoms with van der Waals surface area (Å²) >= 11 is 0. The zero-order valence-electron chi connectivity index (χ0n) is 13.4. The van der Waals surface area contributed by atoms with Crippen molar-refractivity contribution in [3.05, 3.63) is 23.9 Å². The van der Waals surface area contributed by atoms with Crippen LogP contribution in [0.5, 0.6) is 0 Å². The summed E-state index contributed by atoms with van der Waals surface area (Å²) in [7, 11) is 3.08. The molecule has 2 rings (SSSR count). The number of methoxy groups -OCH3 is 2. The first-order valence-corrected chi connectivity index (χ1v) is 7.79. The monoisotopic (exact) mass is 307 g/mol. The Morgan fingerprint density at radius 3 is 2.45 bits per heavy atom. The molecule has 122 valence electrons. The molecule has 0 bridgehead atoms. The maximum absolute atomic E-state index is 12.0. The molecule has 2 heterocycles. The molecule has 6 nitrogen and oxygen atoms in total. The lowest BCUT2D eigenvalue weighted by atomic mass is 10.2. The molecule has 1 aliphatic rings. The highest BCUT2D eigenvalue weighted by Crippen LogP contribution is 2.17. The summed E-state index contributed by atoms with van der Waals surface area (Å²) in [6.07, 6.45) is 6.19. The Morgan fingerprint density at radius 2 is 1.91 bits per heavy atom. The van der Waals surface area contributed by atoms with Crippen LogP contribution in [-0.2, 0) is 9.47 Å². The lowest BCUT2D eigenvalue weighted by molar-refractivity contribution is -0.0974. The number of aromatic nitrogens is 1. The lowest BCUT2D eigenvalue weighted by Gasteiger charge is -2.21. The van der Waals surface area contributed by atoms with E-state index in [0.29, 0.717) is 12.1 Å². The van der Waals surface area contributed by atoms with Crippen LogP contribution in [-0.4, -0.2) is 51.0 Å². The molecule has 1 aromatic heterocycles. The van der Waals surface area contributed by atoms with Gasteiger partial charge in [0.1, 0.15) is 5.82 Å². The minimum atomic E-state index is -0.437.